The van der Waals surface area contributed by atoms with E-state index in [4.69, 9.17) is 0 Å². The van der Waals surface area contributed by atoms with Gasteiger partial charge in [-0.05, 0) is 56.3 Å². The van der Waals surface area contributed by atoms with Gasteiger partial charge in [0.15, 0.2) is 0 Å². The number of hydrogen-bond acceptors (Lipinski definition) is 2. The highest BCUT2D eigenvalue weighted by Crippen LogP contribution is 2.35. The molecule has 2 bridgehead atoms. The summed E-state index contributed by atoms with van der Waals surface area (Å²) >= 11 is 0. The molecule has 5 atom stereocenters. The summed E-state index contributed by atoms with van der Waals surface area (Å²) in [5, 5.41) is 6.99. The summed E-state index contributed by atoms with van der Waals surface area (Å²) in [6.45, 7) is 4.59. The van der Waals surface area contributed by atoms with Crippen molar-refractivity contribution in [3.8, 4) is 0 Å². The Morgan fingerprint density at radius 2 is 1.85 bits per heavy atom. The maximum Gasteiger partial charge on any atom is 0.220 e. The molecule has 2 aliphatic heterocycles. The average Bonchev–Trinajstić information content (AvgIpc) is 2.93. The highest BCUT2D eigenvalue weighted by Gasteiger charge is 2.36. The van der Waals surface area contributed by atoms with Gasteiger partial charge in [0.1, 0.15) is 0 Å². The molecule has 5 unspecified atom stereocenters. The fourth-order valence-electron chi connectivity index (χ4n) is 4.90. The van der Waals surface area contributed by atoms with Crippen molar-refractivity contribution in [3.05, 3.63) is 0 Å². The van der Waals surface area contributed by atoms with Gasteiger partial charge in [0, 0.05) is 24.5 Å². The van der Waals surface area contributed by atoms with Crippen molar-refractivity contribution in [2.75, 3.05) is 0 Å². The third kappa shape index (κ3) is 3.03. The first-order valence-corrected chi connectivity index (χ1v) is 8.71. The van der Waals surface area contributed by atoms with Gasteiger partial charge in [-0.2, -0.15) is 0 Å². The Balaban J connectivity index is 1.46. The predicted molar refractivity (Wildman–Crippen MR) is 81.4 cm³/mol. The number of nitrogens with one attached hydrogen (secondary N) is 2. The maximum atomic E-state index is 12.3. The van der Waals surface area contributed by atoms with Crippen molar-refractivity contribution < 1.29 is 4.79 Å². The minimum atomic E-state index is 0.310. The van der Waals surface area contributed by atoms with Gasteiger partial charge < -0.3 is 10.6 Å². The summed E-state index contributed by atoms with van der Waals surface area (Å²) in [7, 11) is 0. The highest BCUT2D eigenvalue weighted by atomic mass is 16.1. The third-order valence-corrected chi connectivity index (χ3v) is 6.14. The maximum absolute atomic E-state index is 12.3. The molecule has 1 aliphatic carbocycles. The minimum Gasteiger partial charge on any atom is -0.353 e. The Labute approximate surface area is 123 Å². The second-order valence-corrected chi connectivity index (χ2v) is 7.46. The summed E-state index contributed by atoms with van der Waals surface area (Å²) in [6.07, 6.45) is 9.55. The smallest absolute Gasteiger partial charge is 0.220 e. The van der Waals surface area contributed by atoms with Crippen LogP contribution in [-0.4, -0.2) is 24.0 Å². The molecule has 114 valence electrons. The Kier molecular flexibility index (Phi) is 4.34. The molecule has 3 fully saturated rings. The number of carbonyl (C=O) groups is 1. The Hall–Kier alpha value is -0.570. The summed E-state index contributed by atoms with van der Waals surface area (Å²) in [6, 6.07) is 1.83. The van der Waals surface area contributed by atoms with Gasteiger partial charge in [-0.25, -0.2) is 0 Å². The standard InChI is InChI=1S/C17H30N2O/c1-3-13-4-7-16(11(13)2)19-17(20)10-12-8-14-5-6-15(9-12)18-14/h11-16,18H,3-10H2,1-2H3,(H,19,20). The fraction of sp³-hybridized carbons (Fsp3) is 0.941. The second-order valence-electron chi connectivity index (χ2n) is 7.46. The number of amides is 1. The molecule has 1 amide bonds. The molecular weight excluding hydrogens is 248 g/mol. The molecular formula is C17H30N2O. The summed E-state index contributed by atoms with van der Waals surface area (Å²) in [4.78, 5) is 12.3. The van der Waals surface area contributed by atoms with Crippen molar-refractivity contribution in [2.24, 2.45) is 17.8 Å². The van der Waals surface area contributed by atoms with Crippen molar-refractivity contribution in [1.29, 1.82) is 0 Å². The van der Waals surface area contributed by atoms with Gasteiger partial charge in [0.25, 0.3) is 0 Å². The lowest BCUT2D eigenvalue weighted by atomic mass is 9.89. The zero-order chi connectivity index (χ0) is 14.1. The lowest BCUT2D eigenvalue weighted by Crippen LogP contribution is -2.42. The van der Waals surface area contributed by atoms with E-state index in [-0.39, 0.29) is 0 Å². The van der Waals surface area contributed by atoms with Crippen LogP contribution in [0.3, 0.4) is 0 Å². The molecule has 2 heterocycles. The molecule has 0 spiro atoms. The summed E-state index contributed by atoms with van der Waals surface area (Å²) in [5.74, 6) is 2.40. The molecule has 0 aromatic rings. The zero-order valence-electron chi connectivity index (χ0n) is 13.0. The van der Waals surface area contributed by atoms with Crippen LogP contribution in [0.2, 0.25) is 0 Å². The molecule has 0 aromatic heterocycles. The first-order valence-electron chi connectivity index (χ1n) is 8.71. The molecule has 3 nitrogen and oxygen atoms in total. The van der Waals surface area contributed by atoms with E-state index < -0.39 is 0 Å². The van der Waals surface area contributed by atoms with Gasteiger partial charge in [-0.1, -0.05) is 20.3 Å². The largest absolute Gasteiger partial charge is 0.353 e. The average molecular weight is 278 g/mol. The van der Waals surface area contributed by atoms with E-state index in [1.165, 1.54) is 44.9 Å². The molecule has 3 rings (SSSR count). The first kappa shape index (κ1) is 14.4. The second kappa shape index (κ2) is 6.05. The number of rotatable bonds is 4. The molecule has 2 saturated heterocycles. The number of hydrogen-bond donors (Lipinski definition) is 2. The zero-order valence-corrected chi connectivity index (χ0v) is 13.0. The van der Waals surface area contributed by atoms with Crippen LogP contribution in [0.5, 0.6) is 0 Å². The first-order chi connectivity index (χ1) is 9.65. The van der Waals surface area contributed by atoms with Crippen molar-refractivity contribution in [2.45, 2.75) is 83.3 Å². The third-order valence-electron chi connectivity index (χ3n) is 6.14. The van der Waals surface area contributed by atoms with Gasteiger partial charge >= 0.3 is 0 Å². The lowest BCUT2D eigenvalue weighted by Gasteiger charge is -2.29. The van der Waals surface area contributed by atoms with Gasteiger partial charge in [0.05, 0.1) is 0 Å². The molecule has 1 saturated carbocycles. The Bertz CT molecular complexity index is 345. The number of fused-ring (bicyclic) bond motifs is 2. The van der Waals surface area contributed by atoms with E-state index in [0.29, 0.717) is 35.9 Å². The predicted octanol–water partition coefficient (Wildman–Crippen LogP) is 2.85. The lowest BCUT2D eigenvalue weighted by molar-refractivity contribution is -0.123. The van der Waals surface area contributed by atoms with E-state index in [9.17, 15) is 4.79 Å². The Morgan fingerprint density at radius 1 is 1.15 bits per heavy atom. The molecule has 0 radical (unpaired) electrons. The monoisotopic (exact) mass is 278 g/mol. The topological polar surface area (TPSA) is 41.1 Å². The minimum absolute atomic E-state index is 0.310. The molecule has 3 heteroatoms. The fourth-order valence-corrected chi connectivity index (χ4v) is 4.90. The van der Waals surface area contributed by atoms with Crippen LogP contribution in [0.25, 0.3) is 0 Å². The van der Waals surface area contributed by atoms with E-state index in [1.807, 2.05) is 0 Å². The van der Waals surface area contributed by atoms with Crippen LogP contribution in [0.4, 0.5) is 0 Å². The van der Waals surface area contributed by atoms with Gasteiger partial charge in [-0.15, -0.1) is 0 Å². The van der Waals surface area contributed by atoms with Gasteiger partial charge in [-0.3, -0.25) is 4.79 Å². The Morgan fingerprint density at radius 3 is 2.45 bits per heavy atom. The molecule has 3 aliphatic rings. The molecule has 0 aromatic carbocycles. The normalized spacial score (nSPS) is 43.7. The van der Waals surface area contributed by atoms with Crippen LogP contribution in [-0.2, 0) is 4.79 Å². The van der Waals surface area contributed by atoms with Crippen LogP contribution in [0.15, 0.2) is 0 Å². The van der Waals surface area contributed by atoms with Gasteiger partial charge in [0.2, 0.25) is 5.91 Å². The van der Waals surface area contributed by atoms with Crippen LogP contribution in [0.1, 0.15) is 65.2 Å². The van der Waals surface area contributed by atoms with Crippen molar-refractivity contribution in [3.63, 3.8) is 0 Å². The van der Waals surface area contributed by atoms with Crippen molar-refractivity contribution in [1.82, 2.24) is 10.6 Å². The van der Waals surface area contributed by atoms with E-state index in [0.717, 1.165) is 12.3 Å². The highest BCUT2D eigenvalue weighted by molar-refractivity contribution is 5.76. The SMILES string of the molecule is CCC1CCC(NC(=O)CC2CC3CCC(C2)N3)C1C. The summed E-state index contributed by atoms with van der Waals surface area (Å²) in [5.41, 5.74) is 0. The number of piperidine rings is 1. The van der Waals surface area contributed by atoms with Crippen LogP contribution >= 0.6 is 0 Å². The van der Waals surface area contributed by atoms with Crippen LogP contribution < -0.4 is 10.6 Å². The van der Waals surface area contributed by atoms with E-state index in [2.05, 4.69) is 24.5 Å². The van der Waals surface area contributed by atoms with E-state index >= 15 is 0 Å². The molecule has 20 heavy (non-hydrogen) atoms. The molecule has 2 N–H and O–H groups in total. The number of carbonyl (C=O) groups excluding carboxylic acids is 1. The van der Waals surface area contributed by atoms with Crippen molar-refractivity contribution >= 4 is 5.91 Å². The van der Waals surface area contributed by atoms with Crippen LogP contribution in [0, 0.1) is 17.8 Å². The quantitative estimate of drug-likeness (QED) is 0.830. The van der Waals surface area contributed by atoms with E-state index in [1.54, 1.807) is 0 Å². The summed E-state index contributed by atoms with van der Waals surface area (Å²) < 4.78 is 0.